The number of hydrogen-bond acceptors (Lipinski definition) is 4. The number of furan rings is 1. The predicted molar refractivity (Wildman–Crippen MR) is 94.3 cm³/mol. The van der Waals surface area contributed by atoms with Gasteiger partial charge in [0.05, 0.1) is 11.5 Å². The number of nitrogens with one attached hydrogen (secondary N) is 1. The lowest BCUT2D eigenvalue weighted by Gasteiger charge is -2.36. The fraction of sp³-hybridized carbons (Fsp3) is 0.450. The van der Waals surface area contributed by atoms with Crippen molar-refractivity contribution in [2.24, 2.45) is 0 Å². The molecular formula is C20H25NO4. The van der Waals surface area contributed by atoms with Crippen LogP contribution in [0.1, 0.15) is 41.6 Å². The van der Waals surface area contributed by atoms with E-state index in [1.165, 1.54) is 0 Å². The lowest BCUT2D eigenvalue weighted by Crippen LogP contribution is -2.48. The quantitative estimate of drug-likeness (QED) is 0.876. The van der Waals surface area contributed by atoms with Crippen LogP contribution >= 0.6 is 0 Å². The predicted octanol–water partition coefficient (Wildman–Crippen LogP) is 2.79. The lowest BCUT2D eigenvalue weighted by molar-refractivity contribution is -0.131. The van der Waals surface area contributed by atoms with Crippen LogP contribution in [0.3, 0.4) is 0 Å². The molecule has 1 aliphatic heterocycles. The molecule has 1 fully saturated rings. The molecule has 3 rings (SSSR count). The second kappa shape index (κ2) is 7.42. The first kappa shape index (κ1) is 17.7. The summed E-state index contributed by atoms with van der Waals surface area (Å²) in [6.07, 6.45) is 0.500. The highest BCUT2D eigenvalue weighted by molar-refractivity contribution is 5.88. The fourth-order valence-electron chi connectivity index (χ4n) is 3.57. The zero-order chi connectivity index (χ0) is 17.9. The van der Waals surface area contributed by atoms with Gasteiger partial charge in [0.2, 0.25) is 5.91 Å². The largest absolute Gasteiger partial charge is 0.466 e. The van der Waals surface area contributed by atoms with Gasteiger partial charge < -0.3 is 19.6 Å². The second-order valence-electron chi connectivity index (χ2n) is 6.65. The topological polar surface area (TPSA) is 71.7 Å². The normalized spacial score (nSPS) is 17.9. The van der Waals surface area contributed by atoms with Crippen LogP contribution in [-0.2, 0) is 14.9 Å². The van der Waals surface area contributed by atoms with Crippen molar-refractivity contribution in [1.82, 2.24) is 5.32 Å². The van der Waals surface area contributed by atoms with Crippen LogP contribution in [-0.4, -0.2) is 30.8 Å². The molecule has 1 saturated heterocycles. The van der Waals surface area contributed by atoms with Gasteiger partial charge in [-0.15, -0.1) is 0 Å². The van der Waals surface area contributed by atoms with Crippen molar-refractivity contribution in [1.29, 1.82) is 0 Å². The van der Waals surface area contributed by atoms with Crippen molar-refractivity contribution in [3.8, 4) is 0 Å². The van der Waals surface area contributed by atoms with Crippen LogP contribution in [0.4, 0.5) is 0 Å². The van der Waals surface area contributed by atoms with E-state index < -0.39 is 11.5 Å². The third-order valence-corrected chi connectivity index (χ3v) is 5.00. The molecule has 2 aromatic rings. The Labute approximate surface area is 148 Å². The van der Waals surface area contributed by atoms with Crippen LogP contribution in [0.5, 0.6) is 0 Å². The number of aliphatic hydroxyl groups excluding tert-OH is 1. The zero-order valence-corrected chi connectivity index (χ0v) is 14.7. The van der Waals surface area contributed by atoms with E-state index in [2.05, 4.69) is 5.32 Å². The molecule has 0 saturated carbocycles. The zero-order valence-electron chi connectivity index (χ0n) is 14.7. The third-order valence-electron chi connectivity index (χ3n) is 5.00. The maximum atomic E-state index is 13.0. The molecule has 2 N–H and O–H groups in total. The fourth-order valence-corrected chi connectivity index (χ4v) is 3.57. The molecule has 1 atom stereocenters. The molecule has 1 aromatic heterocycles. The number of carbonyl (C=O) groups is 1. The van der Waals surface area contributed by atoms with Crippen LogP contribution in [0.2, 0.25) is 0 Å². The summed E-state index contributed by atoms with van der Waals surface area (Å²) < 4.78 is 10.9. The minimum absolute atomic E-state index is 0.0566. The highest BCUT2D eigenvalue weighted by atomic mass is 16.5. The van der Waals surface area contributed by atoms with E-state index in [0.717, 1.165) is 16.9 Å². The van der Waals surface area contributed by atoms with Gasteiger partial charge in [0.15, 0.2) is 0 Å². The number of ether oxygens (including phenoxy) is 1. The van der Waals surface area contributed by atoms with Gasteiger partial charge in [-0.05, 0) is 38.3 Å². The van der Waals surface area contributed by atoms with Crippen LogP contribution in [0, 0.1) is 13.8 Å². The molecule has 1 amide bonds. The van der Waals surface area contributed by atoms with E-state index in [1.54, 1.807) is 0 Å². The number of amides is 1. The number of rotatable bonds is 5. The second-order valence-corrected chi connectivity index (χ2v) is 6.65. The summed E-state index contributed by atoms with van der Waals surface area (Å²) >= 11 is 0. The highest BCUT2D eigenvalue weighted by Crippen LogP contribution is 2.35. The van der Waals surface area contributed by atoms with Gasteiger partial charge in [0.25, 0.3) is 0 Å². The molecule has 1 unspecified atom stereocenters. The molecule has 1 aromatic carbocycles. The van der Waals surface area contributed by atoms with Crippen molar-refractivity contribution in [2.45, 2.75) is 38.2 Å². The van der Waals surface area contributed by atoms with Gasteiger partial charge in [0.1, 0.15) is 11.5 Å². The van der Waals surface area contributed by atoms with E-state index in [-0.39, 0.29) is 12.5 Å². The highest BCUT2D eigenvalue weighted by Gasteiger charge is 2.41. The minimum Gasteiger partial charge on any atom is -0.466 e. The number of hydrogen-bond donors (Lipinski definition) is 2. The van der Waals surface area contributed by atoms with Gasteiger partial charge >= 0.3 is 0 Å². The van der Waals surface area contributed by atoms with Crippen molar-refractivity contribution in [3.63, 3.8) is 0 Å². The Balaban J connectivity index is 1.74. The lowest BCUT2D eigenvalue weighted by atomic mass is 9.73. The summed E-state index contributed by atoms with van der Waals surface area (Å²) in [7, 11) is 0. The SMILES string of the molecule is Cc1cc(C(O)CNC(=O)C2(c3ccccc3)CCOCC2)c(C)o1. The standard InChI is InChI=1S/C20H25NO4/c1-14-12-17(15(2)25-14)18(22)13-21-19(23)20(8-10-24-11-9-20)16-6-4-3-5-7-16/h3-7,12,18,22H,8-11,13H2,1-2H3,(H,21,23). The van der Waals surface area contributed by atoms with Crippen LogP contribution in [0.25, 0.3) is 0 Å². The summed E-state index contributed by atoms with van der Waals surface area (Å²) in [4.78, 5) is 13.0. The molecule has 0 aliphatic carbocycles. The van der Waals surface area contributed by atoms with Gasteiger partial charge in [-0.1, -0.05) is 30.3 Å². The molecule has 5 heteroatoms. The number of carbonyl (C=O) groups excluding carboxylic acids is 1. The van der Waals surface area contributed by atoms with Crippen LogP contribution in [0.15, 0.2) is 40.8 Å². The molecule has 2 heterocycles. The Hall–Kier alpha value is -2.11. The van der Waals surface area contributed by atoms with Gasteiger partial charge in [0, 0.05) is 25.3 Å². The first-order valence-electron chi connectivity index (χ1n) is 8.69. The average molecular weight is 343 g/mol. The third kappa shape index (κ3) is 3.62. The van der Waals surface area contributed by atoms with Crippen molar-refractivity contribution in [3.05, 3.63) is 59.0 Å². The molecule has 0 bridgehead atoms. The summed E-state index contributed by atoms with van der Waals surface area (Å²) in [6.45, 7) is 4.94. The Morgan fingerprint density at radius 1 is 1.24 bits per heavy atom. The Morgan fingerprint density at radius 2 is 1.92 bits per heavy atom. The van der Waals surface area contributed by atoms with Gasteiger partial charge in [-0.25, -0.2) is 0 Å². The molecular weight excluding hydrogens is 318 g/mol. The number of aliphatic hydroxyl groups is 1. The van der Waals surface area contributed by atoms with Crippen molar-refractivity contribution in [2.75, 3.05) is 19.8 Å². The average Bonchev–Trinajstić information content (AvgIpc) is 2.99. The van der Waals surface area contributed by atoms with Gasteiger partial charge in [-0.3, -0.25) is 4.79 Å². The Morgan fingerprint density at radius 3 is 2.52 bits per heavy atom. The number of aryl methyl sites for hydroxylation is 2. The van der Waals surface area contributed by atoms with E-state index in [9.17, 15) is 9.90 Å². The summed E-state index contributed by atoms with van der Waals surface area (Å²) in [5.74, 6) is 1.38. The molecule has 5 nitrogen and oxygen atoms in total. The number of benzene rings is 1. The van der Waals surface area contributed by atoms with Crippen LogP contribution < -0.4 is 5.32 Å². The monoisotopic (exact) mass is 343 g/mol. The Kier molecular flexibility index (Phi) is 5.25. The van der Waals surface area contributed by atoms with Crippen molar-refractivity contribution < 1.29 is 19.1 Å². The Bertz CT molecular complexity index is 717. The van der Waals surface area contributed by atoms with E-state index in [0.29, 0.717) is 31.8 Å². The molecule has 0 spiro atoms. The van der Waals surface area contributed by atoms with Gasteiger partial charge in [-0.2, -0.15) is 0 Å². The first-order chi connectivity index (χ1) is 12.0. The smallest absolute Gasteiger partial charge is 0.230 e. The van der Waals surface area contributed by atoms with Crippen molar-refractivity contribution >= 4 is 5.91 Å². The molecule has 1 aliphatic rings. The van der Waals surface area contributed by atoms with E-state index in [1.807, 2.05) is 50.2 Å². The summed E-state index contributed by atoms with van der Waals surface area (Å²) in [6, 6.07) is 11.6. The maximum absolute atomic E-state index is 13.0. The van der Waals surface area contributed by atoms with E-state index in [4.69, 9.17) is 9.15 Å². The maximum Gasteiger partial charge on any atom is 0.230 e. The minimum atomic E-state index is -0.783. The molecule has 25 heavy (non-hydrogen) atoms. The summed E-state index contributed by atoms with van der Waals surface area (Å²) in [5, 5.41) is 13.4. The first-order valence-corrected chi connectivity index (χ1v) is 8.69. The molecule has 134 valence electrons. The molecule has 0 radical (unpaired) electrons. The summed E-state index contributed by atoms with van der Waals surface area (Å²) in [5.41, 5.74) is 1.12. The van der Waals surface area contributed by atoms with E-state index >= 15 is 0 Å².